The van der Waals surface area contributed by atoms with Crippen LogP contribution < -0.4 is 4.74 Å². The first kappa shape index (κ1) is 11.9. The van der Waals surface area contributed by atoms with Gasteiger partial charge in [-0.25, -0.2) is 0 Å². The van der Waals surface area contributed by atoms with Crippen molar-refractivity contribution in [2.75, 3.05) is 0 Å². The van der Waals surface area contributed by atoms with E-state index in [0.717, 1.165) is 5.56 Å². The summed E-state index contributed by atoms with van der Waals surface area (Å²) in [4.78, 5) is 3.97. The number of benzene rings is 1. The molecule has 0 aliphatic rings. The van der Waals surface area contributed by atoms with Gasteiger partial charge in [0.15, 0.2) is 0 Å². The van der Waals surface area contributed by atoms with Crippen LogP contribution in [0, 0.1) is 6.92 Å². The van der Waals surface area contributed by atoms with Gasteiger partial charge in [0.1, 0.15) is 11.5 Å². The molecule has 0 spiro atoms. The third-order valence-electron chi connectivity index (χ3n) is 2.27. The molecule has 88 valence electrons. The van der Waals surface area contributed by atoms with Gasteiger partial charge in [0.2, 0.25) is 0 Å². The summed E-state index contributed by atoms with van der Waals surface area (Å²) in [7, 11) is 0. The fraction of sp³-hybridized carbons (Fsp3) is 0.154. The van der Waals surface area contributed by atoms with E-state index >= 15 is 0 Å². The highest BCUT2D eigenvalue weighted by atomic mass is 35.5. The van der Waals surface area contributed by atoms with Crippen molar-refractivity contribution in [3.8, 4) is 11.5 Å². The van der Waals surface area contributed by atoms with Crippen LogP contribution in [0.3, 0.4) is 0 Å². The standard InChI is InChI=1S/C13H12ClNO2/c1-9-2-3-13(12(14)6-9)17-11-4-5-15-10(7-11)8-16/h2-7,16H,8H2,1H3. The normalized spacial score (nSPS) is 10.3. The number of rotatable bonds is 3. The predicted molar refractivity (Wildman–Crippen MR) is 66.4 cm³/mol. The van der Waals surface area contributed by atoms with Gasteiger partial charge >= 0.3 is 0 Å². The van der Waals surface area contributed by atoms with E-state index in [1.54, 1.807) is 18.3 Å². The molecule has 0 saturated heterocycles. The SMILES string of the molecule is Cc1ccc(Oc2ccnc(CO)c2)c(Cl)c1. The highest BCUT2D eigenvalue weighted by molar-refractivity contribution is 6.32. The molecule has 1 aromatic carbocycles. The fourth-order valence-corrected chi connectivity index (χ4v) is 1.70. The number of halogens is 1. The molecule has 0 amide bonds. The number of aryl methyl sites for hydroxylation is 1. The minimum atomic E-state index is -0.112. The van der Waals surface area contributed by atoms with Crippen molar-refractivity contribution >= 4 is 11.6 Å². The molecule has 1 aromatic heterocycles. The lowest BCUT2D eigenvalue weighted by atomic mass is 10.2. The lowest BCUT2D eigenvalue weighted by molar-refractivity contribution is 0.276. The Morgan fingerprint density at radius 1 is 1.29 bits per heavy atom. The highest BCUT2D eigenvalue weighted by Crippen LogP contribution is 2.29. The Morgan fingerprint density at radius 2 is 2.12 bits per heavy atom. The highest BCUT2D eigenvalue weighted by Gasteiger charge is 2.04. The summed E-state index contributed by atoms with van der Waals surface area (Å²) in [5.41, 5.74) is 1.64. The second kappa shape index (κ2) is 5.17. The zero-order chi connectivity index (χ0) is 12.3. The van der Waals surface area contributed by atoms with E-state index in [-0.39, 0.29) is 6.61 Å². The average molecular weight is 250 g/mol. The van der Waals surface area contributed by atoms with E-state index in [4.69, 9.17) is 21.4 Å². The van der Waals surface area contributed by atoms with Gasteiger partial charge in [0, 0.05) is 12.3 Å². The summed E-state index contributed by atoms with van der Waals surface area (Å²) < 4.78 is 5.62. The van der Waals surface area contributed by atoms with E-state index in [9.17, 15) is 0 Å². The van der Waals surface area contributed by atoms with Gasteiger partial charge in [-0.2, -0.15) is 0 Å². The molecule has 3 nitrogen and oxygen atoms in total. The molecular weight excluding hydrogens is 238 g/mol. The van der Waals surface area contributed by atoms with Crippen molar-refractivity contribution in [2.24, 2.45) is 0 Å². The number of aliphatic hydroxyl groups excluding tert-OH is 1. The number of aliphatic hydroxyl groups is 1. The van der Waals surface area contributed by atoms with Crippen LogP contribution in [0.5, 0.6) is 11.5 Å². The molecule has 0 bridgehead atoms. The van der Waals surface area contributed by atoms with Crippen LogP contribution in [-0.2, 0) is 6.61 Å². The largest absolute Gasteiger partial charge is 0.456 e. The Labute approximate surface area is 105 Å². The molecule has 2 aromatic rings. The van der Waals surface area contributed by atoms with Crippen molar-refractivity contribution in [2.45, 2.75) is 13.5 Å². The minimum Gasteiger partial charge on any atom is -0.456 e. The third-order valence-corrected chi connectivity index (χ3v) is 2.56. The van der Waals surface area contributed by atoms with E-state index in [1.165, 1.54) is 0 Å². The summed E-state index contributed by atoms with van der Waals surface area (Å²) in [5, 5.41) is 9.54. The van der Waals surface area contributed by atoms with E-state index in [1.807, 2.05) is 25.1 Å². The van der Waals surface area contributed by atoms with Crippen LogP contribution in [-0.4, -0.2) is 10.1 Å². The molecule has 0 aliphatic carbocycles. The third kappa shape index (κ3) is 2.96. The van der Waals surface area contributed by atoms with Gasteiger partial charge in [-0.05, 0) is 30.7 Å². The summed E-state index contributed by atoms with van der Waals surface area (Å²) in [6.07, 6.45) is 1.59. The van der Waals surface area contributed by atoms with Gasteiger partial charge in [-0.1, -0.05) is 17.7 Å². The van der Waals surface area contributed by atoms with Crippen molar-refractivity contribution < 1.29 is 9.84 Å². The number of ether oxygens (including phenoxy) is 1. The average Bonchev–Trinajstić information content (AvgIpc) is 2.33. The number of hydrogen-bond acceptors (Lipinski definition) is 3. The number of nitrogens with zero attached hydrogens (tertiary/aromatic N) is 1. The smallest absolute Gasteiger partial charge is 0.146 e. The van der Waals surface area contributed by atoms with Crippen molar-refractivity contribution in [1.29, 1.82) is 0 Å². The molecule has 4 heteroatoms. The van der Waals surface area contributed by atoms with Crippen LogP contribution in [0.4, 0.5) is 0 Å². The molecule has 0 atom stereocenters. The maximum absolute atomic E-state index is 8.97. The number of aromatic nitrogens is 1. The molecule has 0 saturated carbocycles. The maximum atomic E-state index is 8.97. The Morgan fingerprint density at radius 3 is 2.82 bits per heavy atom. The van der Waals surface area contributed by atoms with Crippen LogP contribution in [0.15, 0.2) is 36.5 Å². The Hall–Kier alpha value is -1.58. The van der Waals surface area contributed by atoms with Gasteiger partial charge in [0.05, 0.1) is 17.3 Å². The van der Waals surface area contributed by atoms with Gasteiger partial charge in [-0.15, -0.1) is 0 Å². The zero-order valence-corrected chi connectivity index (χ0v) is 10.1. The molecule has 0 fully saturated rings. The van der Waals surface area contributed by atoms with Crippen LogP contribution in [0.1, 0.15) is 11.3 Å². The molecule has 0 aliphatic heterocycles. The monoisotopic (exact) mass is 249 g/mol. The second-order valence-electron chi connectivity index (χ2n) is 3.68. The first-order chi connectivity index (χ1) is 8.19. The molecule has 0 unspecified atom stereocenters. The topological polar surface area (TPSA) is 42.4 Å². The van der Waals surface area contributed by atoms with E-state index < -0.39 is 0 Å². The quantitative estimate of drug-likeness (QED) is 0.907. The number of hydrogen-bond donors (Lipinski definition) is 1. The van der Waals surface area contributed by atoms with Crippen molar-refractivity contribution in [3.63, 3.8) is 0 Å². The molecule has 1 N–H and O–H groups in total. The van der Waals surface area contributed by atoms with Crippen molar-refractivity contribution in [1.82, 2.24) is 4.98 Å². The van der Waals surface area contributed by atoms with Crippen molar-refractivity contribution in [3.05, 3.63) is 52.8 Å². The lowest BCUT2D eigenvalue weighted by Crippen LogP contribution is -1.91. The van der Waals surface area contributed by atoms with Gasteiger partial charge in [-0.3, -0.25) is 4.98 Å². The van der Waals surface area contributed by atoms with Crippen LogP contribution in [0.25, 0.3) is 0 Å². The molecule has 17 heavy (non-hydrogen) atoms. The van der Waals surface area contributed by atoms with Gasteiger partial charge < -0.3 is 9.84 Å². The molecule has 0 radical (unpaired) electrons. The lowest BCUT2D eigenvalue weighted by Gasteiger charge is -2.08. The maximum Gasteiger partial charge on any atom is 0.146 e. The van der Waals surface area contributed by atoms with E-state index in [2.05, 4.69) is 4.98 Å². The first-order valence-corrected chi connectivity index (χ1v) is 5.56. The van der Waals surface area contributed by atoms with E-state index in [0.29, 0.717) is 22.2 Å². The second-order valence-corrected chi connectivity index (χ2v) is 4.08. The molecule has 2 rings (SSSR count). The molecular formula is C13H12ClNO2. The first-order valence-electron chi connectivity index (χ1n) is 5.19. The fourth-order valence-electron chi connectivity index (χ4n) is 1.42. The van der Waals surface area contributed by atoms with Crippen LogP contribution in [0.2, 0.25) is 5.02 Å². The summed E-state index contributed by atoms with van der Waals surface area (Å²) >= 11 is 6.06. The Balaban J connectivity index is 2.25. The predicted octanol–water partition coefficient (Wildman–Crippen LogP) is 3.33. The summed E-state index contributed by atoms with van der Waals surface area (Å²) in [5.74, 6) is 1.20. The van der Waals surface area contributed by atoms with Crippen LogP contribution >= 0.6 is 11.6 Å². The Kier molecular flexibility index (Phi) is 3.61. The molecule has 1 heterocycles. The van der Waals surface area contributed by atoms with Gasteiger partial charge in [0.25, 0.3) is 0 Å². The minimum absolute atomic E-state index is 0.112. The summed E-state index contributed by atoms with van der Waals surface area (Å²) in [6, 6.07) is 8.97. The zero-order valence-electron chi connectivity index (χ0n) is 9.35. The Bertz CT molecular complexity index is 529. The number of pyridine rings is 1. The summed E-state index contributed by atoms with van der Waals surface area (Å²) in [6.45, 7) is 1.85.